The molecule has 2 aromatic carbocycles. The van der Waals surface area contributed by atoms with E-state index in [1.165, 1.54) is 30.6 Å². The first-order valence-electron chi connectivity index (χ1n) is 5.61. The van der Waals surface area contributed by atoms with Crippen molar-refractivity contribution >= 4 is 21.6 Å². The van der Waals surface area contributed by atoms with Crippen molar-refractivity contribution in [1.82, 2.24) is 4.98 Å². The average Bonchev–Trinajstić information content (AvgIpc) is 2.81. The van der Waals surface area contributed by atoms with E-state index in [9.17, 15) is 9.50 Å². The lowest BCUT2D eigenvalue weighted by molar-refractivity contribution is 0.374. The lowest BCUT2D eigenvalue weighted by Gasteiger charge is -2.05. The van der Waals surface area contributed by atoms with E-state index in [0.717, 1.165) is 4.70 Å². The molecule has 0 aliphatic heterocycles. The Morgan fingerprint density at radius 2 is 2.11 bits per heavy atom. The van der Waals surface area contributed by atoms with Gasteiger partial charge < -0.3 is 9.84 Å². The van der Waals surface area contributed by atoms with Gasteiger partial charge in [0.05, 0.1) is 22.9 Å². The first kappa shape index (κ1) is 11.9. The Hall–Kier alpha value is -2.14. The van der Waals surface area contributed by atoms with Crippen LogP contribution in [0, 0.1) is 5.82 Å². The highest BCUT2D eigenvalue weighted by atomic mass is 32.1. The summed E-state index contributed by atoms with van der Waals surface area (Å²) in [5.41, 5.74) is 1.17. The molecular formula is C14H10FNO2S. The van der Waals surface area contributed by atoms with Gasteiger partial charge in [0.15, 0.2) is 11.5 Å². The van der Waals surface area contributed by atoms with Gasteiger partial charge in [-0.1, -0.05) is 6.07 Å². The number of rotatable bonds is 2. The molecule has 1 aromatic heterocycles. The number of halogens is 1. The Kier molecular flexibility index (Phi) is 2.83. The molecule has 0 spiro atoms. The summed E-state index contributed by atoms with van der Waals surface area (Å²) in [4.78, 5) is 4.34. The highest BCUT2D eigenvalue weighted by Gasteiger charge is 2.13. The number of para-hydroxylation sites is 1. The molecular weight excluding hydrogens is 265 g/mol. The molecule has 5 heteroatoms. The highest BCUT2D eigenvalue weighted by molar-refractivity contribution is 7.21. The molecule has 0 fully saturated rings. The predicted octanol–water partition coefficient (Wildman–Crippen LogP) is 3.82. The minimum atomic E-state index is -0.320. The lowest BCUT2D eigenvalue weighted by Crippen LogP contribution is -1.85. The fraction of sp³-hybridized carbons (Fsp3) is 0.0714. The van der Waals surface area contributed by atoms with E-state index >= 15 is 0 Å². The van der Waals surface area contributed by atoms with Crippen LogP contribution in [0.2, 0.25) is 0 Å². The number of nitrogens with zero attached hydrogens (tertiary/aromatic N) is 1. The molecule has 0 unspecified atom stereocenters. The van der Waals surface area contributed by atoms with E-state index in [4.69, 9.17) is 4.74 Å². The number of phenolic OH excluding ortho intramolecular Hbond substituents is 1. The summed E-state index contributed by atoms with van der Waals surface area (Å²) in [6.07, 6.45) is 0. The molecule has 0 radical (unpaired) electrons. The number of ether oxygens (including phenoxy) is 1. The van der Waals surface area contributed by atoms with E-state index in [2.05, 4.69) is 4.98 Å². The molecule has 0 bridgehead atoms. The lowest BCUT2D eigenvalue weighted by atomic mass is 10.2. The van der Waals surface area contributed by atoms with Crippen LogP contribution in [-0.2, 0) is 0 Å². The summed E-state index contributed by atoms with van der Waals surface area (Å²) in [6, 6.07) is 9.67. The molecule has 3 nitrogen and oxygen atoms in total. The van der Waals surface area contributed by atoms with Crippen molar-refractivity contribution in [2.75, 3.05) is 7.11 Å². The Bertz CT molecular complexity index is 754. The van der Waals surface area contributed by atoms with Crippen LogP contribution >= 0.6 is 11.3 Å². The Balaban J connectivity index is 2.19. The molecule has 19 heavy (non-hydrogen) atoms. The molecule has 0 saturated carbocycles. The zero-order valence-electron chi connectivity index (χ0n) is 10.1. The maximum absolute atomic E-state index is 13.1. The third kappa shape index (κ3) is 2.02. The fourth-order valence-electron chi connectivity index (χ4n) is 1.88. The third-order valence-electron chi connectivity index (χ3n) is 2.80. The van der Waals surface area contributed by atoms with Crippen molar-refractivity contribution in [3.8, 4) is 22.1 Å². The van der Waals surface area contributed by atoms with Crippen molar-refractivity contribution in [3.05, 3.63) is 42.2 Å². The number of fused-ring (bicyclic) bond motifs is 1. The van der Waals surface area contributed by atoms with Gasteiger partial charge in [0, 0.05) is 6.07 Å². The van der Waals surface area contributed by atoms with Crippen molar-refractivity contribution in [3.63, 3.8) is 0 Å². The summed E-state index contributed by atoms with van der Waals surface area (Å²) >= 11 is 1.40. The van der Waals surface area contributed by atoms with Crippen LogP contribution in [0.4, 0.5) is 4.39 Å². The Labute approximate surface area is 112 Å². The second-order valence-electron chi connectivity index (χ2n) is 3.99. The van der Waals surface area contributed by atoms with Crippen LogP contribution in [-0.4, -0.2) is 17.2 Å². The number of phenols is 1. The molecule has 3 aromatic rings. The molecule has 0 amide bonds. The van der Waals surface area contributed by atoms with Crippen LogP contribution in [0.15, 0.2) is 36.4 Å². The molecule has 0 aliphatic carbocycles. The standard InChI is InChI=1S/C14H10FNO2S/c1-18-11-4-2-3-9(13(11)17)14-16-10-7-8(15)5-6-12(10)19-14/h2-7,17H,1H3. The largest absolute Gasteiger partial charge is 0.504 e. The molecule has 0 saturated heterocycles. The first-order chi connectivity index (χ1) is 9.19. The Morgan fingerprint density at radius 3 is 2.89 bits per heavy atom. The molecule has 1 N–H and O–H groups in total. The zero-order valence-corrected chi connectivity index (χ0v) is 10.9. The van der Waals surface area contributed by atoms with Crippen molar-refractivity contribution in [2.45, 2.75) is 0 Å². The van der Waals surface area contributed by atoms with E-state index < -0.39 is 0 Å². The van der Waals surface area contributed by atoms with Crippen molar-refractivity contribution in [2.24, 2.45) is 0 Å². The molecule has 0 atom stereocenters. The van der Waals surface area contributed by atoms with Gasteiger partial charge in [-0.25, -0.2) is 9.37 Å². The van der Waals surface area contributed by atoms with Crippen LogP contribution in [0.3, 0.4) is 0 Å². The Morgan fingerprint density at radius 1 is 1.26 bits per heavy atom. The van der Waals surface area contributed by atoms with Gasteiger partial charge in [0.2, 0.25) is 0 Å². The fourth-order valence-corrected chi connectivity index (χ4v) is 2.85. The highest BCUT2D eigenvalue weighted by Crippen LogP contribution is 2.39. The van der Waals surface area contributed by atoms with Gasteiger partial charge in [-0.3, -0.25) is 0 Å². The zero-order chi connectivity index (χ0) is 13.4. The maximum atomic E-state index is 13.1. The quantitative estimate of drug-likeness (QED) is 0.773. The van der Waals surface area contributed by atoms with Crippen molar-refractivity contribution < 1.29 is 14.2 Å². The summed E-state index contributed by atoms with van der Waals surface area (Å²) in [7, 11) is 1.49. The van der Waals surface area contributed by atoms with Gasteiger partial charge in [0.25, 0.3) is 0 Å². The number of hydrogen-bond acceptors (Lipinski definition) is 4. The summed E-state index contributed by atoms with van der Waals surface area (Å²) in [5.74, 6) is 0.117. The van der Waals surface area contributed by atoms with Gasteiger partial charge in [-0.2, -0.15) is 0 Å². The minimum absolute atomic E-state index is 0.0459. The number of methoxy groups -OCH3 is 1. The number of benzene rings is 2. The van der Waals surface area contributed by atoms with Gasteiger partial charge >= 0.3 is 0 Å². The van der Waals surface area contributed by atoms with E-state index in [-0.39, 0.29) is 11.6 Å². The third-order valence-corrected chi connectivity index (χ3v) is 3.87. The monoisotopic (exact) mass is 275 g/mol. The first-order valence-corrected chi connectivity index (χ1v) is 6.43. The minimum Gasteiger partial charge on any atom is -0.504 e. The van der Waals surface area contributed by atoms with Gasteiger partial charge in [-0.15, -0.1) is 11.3 Å². The molecule has 1 heterocycles. The van der Waals surface area contributed by atoms with Crippen LogP contribution in [0.1, 0.15) is 0 Å². The van der Waals surface area contributed by atoms with E-state index in [0.29, 0.717) is 21.8 Å². The van der Waals surface area contributed by atoms with Gasteiger partial charge in [0.1, 0.15) is 10.8 Å². The summed E-state index contributed by atoms with van der Waals surface area (Å²) < 4.78 is 19.1. The molecule has 96 valence electrons. The van der Waals surface area contributed by atoms with Crippen LogP contribution in [0.5, 0.6) is 11.5 Å². The number of aromatic hydroxyl groups is 1. The SMILES string of the molecule is COc1cccc(-c2nc3cc(F)ccc3s2)c1O. The number of thiazole rings is 1. The predicted molar refractivity (Wildman–Crippen MR) is 73.2 cm³/mol. The van der Waals surface area contributed by atoms with Crippen molar-refractivity contribution in [1.29, 1.82) is 0 Å². The van der Waals surface area contributed by atoms with E-state index in [1.807, 2.05) is 0 Å². The smallest absolute Gasteiger partial charge is 0.168 e. The summed E-state index contributed by atoms with van der Waals surface area (Å²) in [5, 5.41) is 10.7. The average molecular weight is 275 g/mol. The van der Waals surface area contributed by atoms with Crippen LogP contribution in [0.25, 0.3) is 20.8 Å². The number of hydrogen-bond donors (Lipinski definition) is 1. The van der Waals surface area contributed by atoms with E-state index in [1.54, 1.807) is 24.3 Å². The topological polar surface area (TPSA) is 42.4 Å². The maximum Gasteiger partial charge on any atom is 0.168 e. The van der Waals surface area contributed by atoms with Crippen LogP contribution < -0.4 is 4.74 Å². The normalized spacial score (nSPS) is 10.8. The second kappa shape index (κ2) is 4.51. The molecule has 3 rings (SSSR count). The molecule has 0 aliphatic rings. The second-order valence-corrected chi connectivity index (χ2v) is 5.02. The van der Waals surface area contributed by atoms with Gasteiger partial charge in [-0.05, 0) is 24.3 Å². The summed E-state index contributed by atoms with van der Waals surface area (Å²) in [6.45, 7) is 0. The number of aromatic nitrogens is 1.